The van der Waals surface area contributed by atoms with Crippen LogP contribution in [0.3, 0.4) is 0 Å². The molecule has 0 spiro atoms. The summed E-state index contributed by atoms with van der Waals surface area (Å²) in [6.45, 7) is 7.38. The molecule has 3 heteroatoms. The summed E-state index contributed by atoms with van der Waals surface area (Å²) in [5, 5.41) is 0. The van der Waals surface area contributed by atoms with E-state index in [4.69, 9.17) is 5.73 Å². The summed E-state index contributed by atoms with van der Waals surface area (Å²) >= 11 is 0. The van der Waals surface area contributed by atoms with E-state index < -0.39 is 0 Å². The zero-order valence-electron chi connectivity index (χ0n) is 11.6. The molecule has 1 aromatic heterocycles. The lowest BCUT2D eigenvalue weighted by molar-refractivity contribution is 0.239. The van der Waals surface area contributed by atoms with Gasteiger partial charge in [-0.05, 0) is 49.4 Å². The summed E-state index contributed by atoms with van der Waals surface area (Å²) in [7, 11) is 0. The van der Waals surface area contributed by atoms with Crippen LogP contribution in [-0.2, 0) is 13.1 Å². The summed E-state index contributed by atoms with van der Waals surface area (Å²) < 4.78 is 0. The SMILES string of the molecule is CC(C)CCN(Cc1ccnc(CN)c1)C1CC1. The molecule has 1 aromatic rings. The number of nitrogens with zero attached hydrogens (tertiary/aromatic N) is 2. The van der Waals surface area contributed by atoms with Gasteiger partial charge in [-0.2, -0.15) is 0 Å². The predicted octanol–water partition coefficient (Wildman–Crippen LogP) is 2.55. The fraction of sp³-hybridized carbons (Fsp3) is 0.667. The van der Waals surface area contributed by atoms with Gasteiger partial charge in [0.05, 0.1) is 5.69 Å². The molecule has 0 aliphatic heterocycles. The number of hydrogen-bond donors (Lipinski definition) is 1. The third-order valence-corrected chi connectivity index (χ3v) is 3.53. The summed E-state index contributed by atoms with van der Waals surface area (Å²) in [6.07, 6.45) is 5.90. The third kappa shape index (κ3) is 4.07. The van der Waals surface area contributed by atoms with Gasteiger partial charge in [0.15, 0.2) is 0 Å². The first kappa shape index (κ1) is 13.5. The van der Waals surface area contributed by atoms with Crippen LogP contribution < -0.4 is 5.73 Å². The molecule has 0 radical (unpaired) electrons. The van der Waals surface area contributed by atoms with Crippen molar-refractivity contribution in [1.29, 1.82) is 0 Å². The number of rotatable bonds is 7. The smallest absolute Gasteiger partial charge is 0.0542 e. The predicted molar refractivity (Wildman–Crippen MR) is 75.0 cm³/mol. The van der Waals surface area contributed by atoms with E-state index in [2.05, 4.69) is 35.9 Å². The van der Waals surface area contributed by atoms with Crippen molar-refractivity contribution in [2.75, 3.05) is 6.54 Å². The van der Waals surface area contributed by atoms with Gasteiger partial charge in [-0.15, -0.1) is 0 Å². The topological polar surface area (TPSA) is 42.2 Å². The molecule has 0 amide bonds. The van der Waals surface area contributed by atoms with Crippen molar-refractivity contribution in [3.8, 4) is 0 Å². The Morgan fingerprint density at radius 1 is 1.44 bits per heavy atom. The van der Waals surface area contributed by atoms with Gasteiger partial charge < -0.3 is 5.73 Å². The second-order valence-electron chi connectivity index (χ2n) is 5.74. The second kappa shape index (κ2) is 6.30. The van der Waals surface area contributed by atoms with Gasteiger partial charge in [-0.25, -0.2) is 0 Å². The molecule has 2 rings (SSSR count). The van der Waals surface area contributed by atoms with Gasteiger partial charge in [0.25, 0.3) is 0 Å². The van der Waals surface area contributed by atoms with Crippen molar-refractivity contribution in [1.82, 2.24) is 9.88 Å². The number of nitrogens with two attached hydrogens (primary N) is 1. The van der Waals surface area contributed by atoms with Crippen LogP contribution in [0.15, 0.2) is 18.3 Å². The van der Waals surface area contributed by atoms with E-state index in [0.29, 0.717) is 6.54 Å². The number of aromatic nitrogens is 1. The standard InChI is InChI=1S/C15H25N3/c1-12(2)6-8-18(15-3-4-15)11-13-5-7-17-14(9-13)10-16/h5,7,9,12,15H,3-4,6,8,10-11,16H2,1-2H3. The van der Waals surface area contributed by atoms with E-state index in [-0.39, 0.29) is 0 Å². The van der Waals surface area contributed by atoms with E-state index in [1.165, 1.54) is 31.4 Å². The van der Waals surface area contributed by atoms with Crippen LogP contribution in [0, 0.1) is 5.92 Å². The van der Waals surface area contributed by atoms with E-state index in [1.807, 2.05) is 6.20 Å². The van der Waals surface area contributed by atoms with Crippen LogP contribution in [0.1, 0.15) is 44.4 Å². The minimum absolute atomic E-state index is 0.531. The Hall–Kier alpha value is -0.930. The van der Waals surface area contributed by atoms with Crippen LogP contribution in [0.25, 0.3) is 0 Å². The van der Waals surface area contributed by atoms with E-state index >= 15 is 0 Å². The Kier molecular flexibility index (Phi) is 4.72. The van der Waals surface area contributed by atoms with Gasteiger partial charge in [0.1, 0.15) is 0 Å². The van der Waals surface area contributed by atoms with Crippen molar-refractivity contribution in [2.24, 2.45) is 11.7 Å². The lowest BCUT2D eigenvalue weighted by Gasteiger charge is -2.23. The highest BCUT2D eigenvalue weighted by atomic mass is 15.2. The average Bonchev–Trinajstić information content (AvgIpc) is 3.18. The highest BCUT2D eigenvalue weighted by Crippen LogP contribution is 2.28. The van der Waals surface area contributed by atoms with Gasteiger partial charge >= 0.3 is 0 Å². The van der Waals surface area contributed by atoms with Crippen molar-refractivity contribution < 1.29 is 0 Å². The van der Waals surface area contributed by atoms with Gasteiger partial charge in [-0.1, -0.05) is 13.8 Å². The van der Waals surface area contributed by atoms with E-state index in [0.717, 1.165) is 24.2 Å². The zero-order valence-corrected chi connectivity index (χ0v) is 11.6. The molecule has 1 aliphatic rings. The molecule has 2 N–H and O–H groups in total. The average molecular weight is 247 g/mol. The monoisotopic (exact) mass is 247 g/mol. The first-order chi connectivity index (χ1) is 8.69. The Labute approximate surface area is 110 Å². The quantitative estimate of drug-likeness (QED) is 0.805. The maximum atomic E-state index is 5.64. The van der Waals surface area contributed by atoms with Crippen LogP contribution in [0.2, 0.25) is 0 Å². The zero-order chi connectivity index (χ0) is 13.0. The maximum Gasteiger partial charge on any atom is 0.0542 e. The molecule has 0 bridgehead atoms. The Balaban J connectivity index is 1.94. The van der Waals surface area contributed by atoms with E-state index in [9.17, 15) is 0 Å². The second-order valence-corrected chi connectivity index (χ2v) is 5.74. The van der Waals surface area contributed by atoms with Gasteiger partial charge in [-0.3, -0.25) is 9.88 Å². The Bertz CT molecular complexity index is 372. The van der Waals surface area contributed by atoms with Crippen LogP contribution in [0.4, 0.5) is 0 Å². The normalized spacial score (nSPS) is 15.6. The highest BCUT2D eigenvalue weighted by Gasteiger charge is 2.28. The van der Waals surface area contributed by atoms with Crippen molar-refractivity contribution in [2.45, 2.75) is 52.2 Å². The molecule has 3 nitrogen and oxygen atoms in total. The molecule has 1 saturated carbocycles. The largest absolute Gasteiger partial charge is 0.325 e. The highest BCUT2D eigenvalue weighted by molar-refractivity contribution is 5.16. The fourth-order valence-corrected chi connectivity index (χ4v) is 2.23. The van der Waals surface area contributed by atoms with Crippen LogP contribution in [-0.4, -0.2) is 22.5 Å². The lowest BCUT2D eigenvalue weighted by Crippen LogP contribution is -2.27. The summed E-state index contributed by atoms with van der Waals surface area (Å²) in [5.41, 5.74) is 7.98. The molecule has 0 saturated heterocycles. The van der Waals surface area contributed by atoms with Gasteiger partial charge in [0.2, 0.25) is 0 Å². The van der Waals surface area contributed by atoms with Crippen molar-refractivity contribution >= 4 is 0 Å². The summed E-state index contributed by atoms with van der Waals surface area (Å²) in [4.78, 5) is 6.88. The number of pyridine rings is 1. The molecule has 0 unspecified atom stereocenters. The van der Waals surface area contributed by atoms with Gasteiger partial charge in [0, 0.05) is 25.3 Å². The molecular weight excluding hydrogens is 222 g/mol. The van der Waals surface area contributed by atoms with Crippen molar-refractivity contribution in [3.05, 3.63) is 29.6 Å². The molecule has 18 heavy (non-hydrogen) atoms. The molecule has 1 fully saturated rings. The summed E-state index contributed by atoms with van der Waals surface area (Å²) in [6, 6.07) is 5.08. The fourth-order valence-electron chi connectivity index (χ4n) is 2.23. The first-order valence-corrected chi connectivity index (χ1v) is 7.07. The summed E-state index contributed by atoms with van der Waals surface area (Å²) in [5.74, 6) is 0.781. The molecule has 1 aliphatic carbocycles. The van der Waals surface area contributed by atoms with E-state index in [1.54, 1.807) is 0 Å². The Morgan fingerprint density at radius 3 is 2.83 bits per heavy atom. The van der Waals surface area contributed by atoms with Crippen molar-refractivity contribution in [3.63, 3.8) is 0 Å². The minimum Gasteiger partial charge on any atom is -0.325 e. The molecule has 1 heterocycles. The Morgan fingerprint density at radius 2 is 2.22 bits per heavy atom. The lowest BCUT2D eigenvalue weighted by atomic mass is 10.1. The van der Waals surface area contributed by atoms with Crippen LogP contribution >= 0.6 is 0 Å². The third-order valence-electron chi connectivity index (χ3n) is 3.53. The van der Waals surface area contributed by atoms with Crippen LogP contribution in [0.5, 0.6) is 0 Å². The maximum absolute atomic E-state index is 5.64. The molecular formula is C15H25N3. The molecule has 0 aromatic carbocycles. The molecule has 100 valence electrons. The first-order valence-electron chi connectivity index (χ1n) is 7.07. The molecule has 0 atom stereocenters. The number of hydrogen-bond acceptors (Lipinski definition) is 3. The minimum atomic E-state index is 0.531.